The van der Waals surface area contributed by atoms with Gasteiger partial charge in [-0.1, -0.05) is 54.2 Å². The SMILES string of the molecule is O=C1CCc2cc(F)ccc21.O=C1CCc2cc(Sc3ccccc3)ccc21.Sc1ccccc1. The van der Waals surface area contributed by atoms with Gasteiger partial charge in [0.15, 0.2) is 11.6 Å². The van der Waals surface area contributed by atoms with Crippen molar-refractivity contribution in [3.8, 4) is 0 Å². The van der Waals surface area contributed by atoms with E-state index in [1.165, 1.54) is 27.5 Å². The lowest BCUT2D eigenvalue weighted by molar-refractivity contribution is 0.0986. The topological polar surface area (TPSA) is 34.1 Å². The summed E-state index contributed by atoms with van der Waals surface area (Å²) in [7, 11) is 0. The van der Waals surface area contributed by atoms with Crippen LogP contribution in [0.5, 0.6) is 0 Å². The standard InChI is InChI=1S/C15H12OS.C9H7FO.C6H6S/c16-15-9-6-11-10-13(7-8-14(11)15)17-12-4-2-1-3-5-12;10-7-2-3-8-6(5-7)1-4-9(8)11;7-6-4-2-1-3-5-6/h1-5,7-8,10H,6,9H2;2-3,5H,1,4H2;1-5,7H. The van der Waals surface area contributed by atoms with Crippen LogP contribution >= 0.6 is 24.4 Å². The van der Waals surface area contributed by atoms with E-state index in [0.717, 1.165) is 22.4 Å². The van der Waals surface area contributed by atoms with Gasteiger partial charge in [0.2, 0.25) is 0 Å². The molecule has 5 heteroatoms. The third kappa shape index (κ3) is 6.93. The van der Waals surface area contributed by atoms with E-state index < -0.39 is 0 Å². The number of rotatable bonds is 2. The van der Waals surface area contributed by atoms with Crippen molar-refractivity contribution in [1.82, 2.24) is 0 Å². The Hall–Kier alpha value is -3.15. The molecule has 0 aromatic heterocycles. The van der Waals surface area contributed by atoms with Crippen LogP contribution in [0.4, 0.5) is 4.39 Å². The summed E-state index contributed by atoms with van der Waals surface area (Å²) in [4.78, 5) is 26.0. The maximum absolute atomic E-state index is 12.6. The number of Topliss-reactive ketones (excluding diaryl/α,β-unsaturated/α-hetero) is 2. The van der Waals surface area contributed by atoms with E-state index in [4.69, 9.17) is 0 Å². The van der Waals surface area contributed by atoms with Crippen LogP contribution in [0, 0.1) is 5.82 Å². The zero-order valence-corrected chi connectivity index (χ0v) is 20.8. The Morgan fingerprint density at radius 2 is 1.14 bits per heavy atom. The summed E-state index contributed by atoms with van der Waals surface area (Å²) in [6.45, 7) is 0. The number of benzene rings is 4. The number of fused-ring (bicyclic) bond motifs is 2. The lowest BCUT2D eigenvalue weighted by Gasteiger charge is -2.04. The summed E-state index contributed by atoms with van der Waals surface area (Å²) in [5, 5.41) is 0. The molecule has 0 aliphatic heterocycles. The minimum atomic E-state index is -0.251. The Labute approximate surface area is 215 Å². The molecule has 176 valence electrons. The second-order valence-corrected chi connectivity index (χ2v) is 9.88. The van der Waals surface area contributed by atoms with E-state index in [-0.39, 0.29) is 17.4 Å². The molecule has 0 amide bonds. The predicted molar refractivity (Wildman–Crippen MR) is 142 cm³/mol. The fourth-order valence-electron chi connectivity index (χ4n) is 3.97. The number of carbonyl (C=O) groups is 2. The smallest absolute Gasteiger partial charge is 0.163 e. The maximum atomic E-state index is 12.6. The van der Waals surface area contributed by atoms with Gasteiger partial charge >= 0.3 is 0 Å². The fourth-order valence-corrected chi connectivity index (χ4v) is 5.05. The van der Waals surface area contributed by atoms with Crippen LogP contribution in [-0.4, -0.2) is 11.6 Å². The van der Waals surface area contributed by atoms with Crippen molar-refractivity contribution in [1.29, 1.82) is 0 Å². The quantitative estimate of drug-likeness (QED) is 0.284. The number of hydrogen-bond acceptors (Lipinski definition) is 4. The highest BCUT2D eigenvalue weighted by molar-refractivity contribution is 7.99. The lowest BCUT2D eigenvalue weighted by Crippen LogP contribution is -1.90. The van der Waals surface area contributed by atoms with Crippen LogP contribution in [0.3, 0.4) is 0 Å². The summed E-state index contributed by atoms with van der Waals surface area (Å²) >= 11 is 5.83. The normalized spacial score (nSPS) is 13.2. The molecule has 0 spiro atoms. The molecule has 2 nitrogen and oxygen atoms in total. The first-order chi connectivity index (χ1) is 17.0. The van der Waals surface area contributed by atoms with E-state index in [9.17, 15) is 14.0 Å². The molecule has 35 heavy (non-hydrogen) atoms. The second-order valence-electron chi connectivity index (χ2n) is 8.22. The molecule has 0 bridgehead atoms. The fraction of sp³-hybridized carbons (Fsp3) is 0.133. The van der Waals surface area contributed by atoms with Gasteiger partial charge in [0.25, 0.3) is 0 Å². The van der Waals surface area contributed by atoms with Gasteiger partial charge in [0, 0.05) is 38.7 Å². The van der Waals surface area contributed by atoms with E-state index >= 15 is 0 Å². The van der Waals surface area contributed by atoms with Crippen molar-refractivity contribution >= 4 is 36.0 Å². The van der Waals surface area contributed by atoms with Crippen LogP contribution in [0.25, 0.3) is 0 Å². The van der Waals surface area contributed by atoms with Gasteiger partial charge in [-0.3, -0.25) is 9.59 Å². The monoisotopic (exact) mass is 500 g/mol. The van der Waals surface area contributed by atoms with Crippen LogP contribution < -0.4 is 0 Å². The van der Waals surface area contributed by atoms with Crippen molar-refractivity contribution in [2.75, 3.05) is 0 Å². The molecule has 0 saturated carbocycles. The molecule has 6 rings (SSSR count). The average Bonchev–Trinajstić information content (AvgIpc) is 3.42. The Morgan fingerprint density at radius 1 is 0.600 bits per heavy atom. The number of aryl methyl sites for hydroxylation is 2. The van der Waals surface area contributed by atoms with Gasteiger partial charge in [-0.15, -0.1) is 12.6 Å². The highest BCUT2D eigenvalue weighted by atomic mass is 32.2. The molecule has 4 aromatic carbocycles. The van der Waals surface area contributed by atoms with Gasteiger partial charge in [0.05, 0.1) is 0 Å². The van der Waals surface area contributed by atoms with E-state index in [1.807, 2.05) is 60.7 Å². The number of hydrogen-bond donors (Lipinski definition) is 1. The summed E-state index contributed by atoms with van der Waals surface area (Å²) < 4.78 is 12.6. The summed E-state index contributed by atoms with van der Waals surface area (Å²) in [6, 6.07) is 30.6. The van der Waals surface area contributed by atoms with Crippen LogP contribution in [0.15, 0.2) is 112 Å². The molecule has 2 aliphatic rings. The number of ketones is 2. The zero-order chi connectivity index (χ0) is 24.6. The van der Waals surface area contributed by atoms with Crippen molar-refractivity contribution in [2.45, 2.75) is 40.4 Å². The van der Waals surface area contributed by atoms with Gasteiger partial charge in [0.1, 0.15) is 5.82 Å². The Balaban J connectivity index is 0.000000137. The van der Waals surface area contributed by atoms with Crippen molar-refractivity contribution in [2.24, 2.45) is 0 Å². The van der Waals surface area contributed by atoms with Gasteiger partial charge in [-0.2, -0.15) is 0 Å². The lowest BCUT2D eigenvalue weighted by atomic mass is 10.1. The molecule has 0 radical (unpaired) electrons. The zero-order valence-electron chi connectivity index (χ0n) is 19.1. The van der Waals surface area contributed by atoms with Crippen molar-refractivity contribution in [3.05, 3.63) is 125 Å². The second kappa shape index (κ2) is 12.0. The average molecular weight is 501 g/mol. The number of halogens is 1. The van der Waals surface area contributed by atoms with Crippen LogP contribution in [-0.2, 0) is 12.8 Å². The van der Waals surface area contributed by atoms with E-state index in [1.54, 1.807) is 17.8 Å². The predicted octanol–water partition coefficient (Wildman–Crippen LogP) is 7.90. The molecule has 0 fully saturated rings. The minimum Gasteiger partial charge on any atom is -0.294 e. The Morgan fingerprint density at radius 3 is 1.71 bits per heavy atom. The number of thiol groups is 1. The molecule has 0 N–H and O–H groups in total. The third-order valence-electron chi connectivity index (χ3n) is 5.72. The highest BCUT2D eigenvalue weighted by Crippen LogP contribution is 2.31. The van der Waals surface area contributed by atoms with Crippen molar-refractivity contribution < 1.29 is 14.0 Å². The summed E-state index contributed by atoms with van der Waals surface area (Å²) in [5.74, 6) is 0.176. The van der Waals surface area contributed by atoms with Crippen LogP contribution in [0.1, 0.15) is 44.7 Å². The maximum Gasteiger partial charge on any atom is 0.163 e. The molecule has 4 aromatic rings. The Kier molecular flexibility index (Phi) is 8.56. The first kappa shape index (κ1) is 25.0. The summed E-state index contributed by atoms with van der Waals surface area (Å²) in [6.07, 6.45) is 2.82. The first-order valence-electron chi connectivity index (χ1n) is 11.4. The molecule has 0 unspecified atom stereocenters. The van der Waals surface area contributed by atoms with Gasteiger partial charge in [-0.05, 0) is 78.6 Å². The van der Waals surface area contributed by atoms with Gasteiger partial charge in [-0.25, -0.2) is 4.39 Å². The van der Waals surface area contributed by atoms with E-state index in [0.29, 0.717) is 24.8 Å². The largest absolute Gasteiger partial charge is 0.294 e. The Bertz CT molecular complexity index is 1320. The number of carbonyl (C=O) groups excluding carboxylic acids is 2. The molecule has 0 saturated heterocycles. The third-order valence-corrected chi connectivity index (χ3v) is 7.02. The highest BCUT2D eigenvalue weighted by Gasteiger charge is 2.20. The first-order valence-corrected chi connectivity index (χ1v) is 12.7. The molecular formula is C30H25FO2S2. The minimum absolute atomic E-state index is 0.139. The van der Waals surface area contributed by atoms with Crippen LogP contribution in [0.2, 0.25) is 0 Å². The summed E-state index contributed by atoms with van der Waals surface area (Å²) in [5.41, 5.74) is 3.68. The molecular weight excluding hydrogens is 475 g/mol. The molecule has 2 aliphatic carbocycles. The molecule has 0 atom stereocenters. The van der Waals surface area contributed by atoms with Crippen molar-refractivity contribution in [3.63, 3.8) is 0 Å². The molecule has 0 heterocycles. The van der Waals surface area contributed by atoms with Gasteiger partial charge < -0.3 is 0 Å². The van der Waals surface area contributed by atoms with E-state index in [2.05, 4.69) is 30.8 Å².